The number of benzene rings is 2. The lowest BCUT2D eigenvalue weighted by Gasteiger charge is -2.14. The van der Waals surface area contributed by atoms with E-state index in [1.165, 1.54) is 23.4 Å². The van der Waals surface area contributed by atoms with Crippen LogP contribution in [0.25, 0.3) is 16.7 Å². The molecular formula is C18H11F5N6OS. The molecule has 2 aromatic heterocycles. The Labute approximate surface area is 174 Å². The minimum absolute atomic E-state index is 0.111. The highest BCUT2D eigenvalue weighted by molar-refractivity contribution is 7.99. The van der Waals surface area contributed by atoms with Gasteiger partial charge in [-0.1, -0.05) is 11.8 Å². The second-order valence-electron chi connectivity index (χ2n) is 6.23. The molecule has 160 valence electrons. The fourth-order valence-electron chi connectivity index (χ4n) is 2.71. The van der Waals surface area contributed by atoms with Gasteiger partial charge in [0.05, 0.1) is 33.7 Å². The number of halogens is 5. The normalized spacial score (nSPS) is 11.8. The van der Waals surface area contributed by atoms with E-state index >= 15 is 0 Å². The Balaban J connectivity index is 1.52. The molecule has 0 aliphatic rings. The van der Waals surface area contributed by atoms with Gasteiger partial charge in [-0.05, 0) is 18.2 Å². The molecule has 0 aliphatic carbocycles. The molecular weight excluding hydrogens is 443 g/mol. The Morgan fingerprint density at radius 3 is 2.65 bits per heavy atom. The van der Waals surface area contributed by atoms with Gasteiger partial charge in [0, 0.05) is 12.1 Å². The van der Waals surface area contributed by atoms with Gasteiger partial charge >= 0.3 is 6.18 Å². The lowest BCUT2D eigenvalue weighted by Crippen LogP contribution is -2.17. The lowest BCUT2D eigenvalue weighted by atomic mass is 10.1. The van der Waals surface area contributed by atoms with Gasteiger partial charge in [0.25, 0.3) is 0 Å². The quantitative estimate of drug-likeness (QED) is 0.349. The number of thioether (sulfide) groups is 1. The third kappa shape index (κ3) is 4.50. The van der Waals surface area contributed by atoms with Gasteiger partial charge in [0.1, 0.15) is 12.7 Å². The molecule has 2 aromatic carbocycles. The smallest absolute Gasteiger partial charge is 0.333 e. The average molecular weight is 454 g/mol. The number of amides is 1. The van der Waals surface area contributed by atoms with Crippen molar-refractivity contribution in [1.82, 2.24) is 24.7 Å². The zero-order chi connectivity index (χ0) is 22.2. The van der Waals surface area contributed by atoms with Crippen molar-refractivity contribution in [2.75, 3.05) is 11.1 Å². The van der Waals surface area contributed by atoms with Crippen molar-refractivity contribution in [3.05, 3.63) is 60.2 Å². The second kappa shape index (κ2) is 7.98. The zero-order valence-electron chi connectivity index (χ0n) is 15.2. The summed E-state index contributed by atoms with van der Waals surface area (Å²) in [7, 11) is 0. The van der Waals surface area contributed by atoms with Crippen molar-refractivity contribution in [3.8, 4) is 5.69 Å². The molecule has 4 rings (SSSR count). The third-order valence-corrected chi connectivity index (χ3v) is 4.98. The molecule has 0 bridgehead atoms. The lowest BCUT2D eigenvalue weighted by molar-refractivity contribution is -0.137. The molecule has 0 unspecified atom stereocenters. The number of anilines is 1. The van der Waals surface area contributed by atoms with Crippen LogP contribution in [0.1, 0.15) is 5.56 Å². The largest absolute Gasteiger partial charge is 0.416 e. The van der Waals surface area contributed by atoms with Crippen molar-refractivity contribution < 1.29 is 26.7 Å². The van der Waals surface area contributed by atoms with Crippen LogP contribution in [0.5, 0.6) is 0 Å². The molecule has 13 heteroatoms. The molecule has 0 atom stereocenters. The van der Waals surface area contributed by atoms with Crippen LogP contribution in [0.15, 0.2) is 48.1 Å². The SMILES string of the molecule is O=C(CSc1nc2cc(F)c(F)cc2[nH]1)Nc1cc(C(F)(F)F)ccc1-n1cncn1. The number of hydrogen-bond acceptors (Lipinski definition) is 5. The number of nitrogens with one attached hydrogen (secondary N) is 2. The molecule has 0 fully saturated rings. The Hall–Kier alpha value is -3.48. The molecule has 0 spiro atoms. The first-order chi connectivity index (χ1) is 14.7. The van der Waals surface area contributed by atoms with Crippen molar-refractivity contribution >= 4 is 34.4 Å². The van der Waals surface area contributed by atoms with Gasteiger partial charge < -0.3 is 10.3 Å². The minimum atomic E-state index is -4.60. The predicted molar refractivity (Wildman–Crippen MR) is 102 cm³/mol. The minimum Gasteiger partial charge on any atom is -0.333 e. The summed E-state index contributed by atoms with van der Waals surface area (Å²) in [5.74, 6) is -2.95. The van der Waals surface area contributed by atoms with E-state index in [0.29, 0.717) is 0 Å². The maximum Gasteiger partial charge on any atom is 0.416 e. The molecule has 2 N–H and O–H groups in total. The van der Waals surface area contributed by atoms with Crippen molar-refractivity contribution in [2.24, 2.45) is 0 Å². The number of carbonyl (C=O) groups is 1. The monoisotopic (exact) mass is 454 g/mol. The van der Waals surface area contributed by atoms with Crippen molar-refractivity contribution in [1.29, 1.82) is 0 Å². The first-order valence-electron chi connectivity index (χ1n) is 8.54. The summed E-state index contributed by atoms with van der Waals surface area (Å²) in [5, 5.41) is 6.51. The number of aromatic amines is 1. The number of H-pyrrole nitrogens is 1. The fourth-order valence-corrected chi connectivity index (χ4v) is 3.40. The van der Waals surface area contributed by atoms with Gasteiger partial charge in [-0.25, -0.2) is 23.4 Å². The number of hydrogen-bond donors (Lipinski definition) is 2. The summed E-state index contributed by atoms with van der Waals surface area (Å²) >= 11 is 0.918. The molecule has 0 saturated carbocycles. The fraction of sp³-hybridized carbons (Fsp3) is 0.111. The summed E-state index contributed by atoms with van der Waals surface area (Å²) in [6, 6.07) is 4.69. The van der Waals surface area contributed by atoms with Crippen LogP contribution in [-0.4, -0.2) is 36.4 Å². The van der Waals surface area contributed by atoms with Gasteiger partial charge in [-0.3, -0.25) is 4.79 Å². The summed E-state index contributed by atoms with van der Waals surface area (Å²) < 4.78 is 67.1. The highest BCUT2D eigenvalue weighted by atomic mass is 32.2. The summed E-state index contributed by atoms with van der Waals surface area (Å²) in [6.07, 6.45) is -2.13. The van der Waals surface area contributed by atoms with Crippen LogP contribution in [0.2, 0.25) is 0 Å². The first-order valence-corrected chi connectivity index (χ1v) is 9.53. The Kier molecular flexibility index (Phi) is 5.35. The maximum absolute atomic E-state index is 13.3. The molecule has 31 heavy (non-hydrogen) atoms. The van der Waals surface area contributed by atoms with E-state index in [1.54, 1.807) is 0 Å². The summed E-state index contributed by atoms with van der Waals surface area (Å²) in [4.78, 5) is 22.9. The predicted octanol–water partition coefficient (Wildman–Crippen LogP) is 4.17. The van der Waals surface area contributed by atoms with Crippen molar-refractivity contribution in [2.45, 2.75) is 11.3 Å². The zero-order valence-corrected chi connectivity index (χ0v) is 16.1. The first kappa shape index (κ1) is 20.8. The van der Waals surface area contributed by atoms with E-state index in [-0.39, 0.29) is 33.3 Å². The van der Waals surface area contributed by atoms with Gasteiger partial charge in [-0.15, -0.1) is 0 Å². The van der Waals surface area contributed by atoms with Gasteiger partial charge in [-0.2, -0.15) is 18.3 Å². The molecule has 4 aromatic rings. The van der Waals surface area contributed by atoms with Crippen molar-refractivity contribution in [3.63, 3.8) is 0 Å². The van der Waals surface area contributed by atoms with E-state index in [0.717, 1.165) is 36.0 Å². The summed E-state index contributed by atoms with van der Waals surface area (Å²) in [6.45, 7) is 0. The van der Waals surface area contributed by atoms with Crippen LogP contribution in [-0.2, 0) is 11.0 Å². The van der Waals surface area contributed by atoms with Gasteiger partial charge in [0.15, 0.2) is 16.8 Å². The van der Waals surface area contributed by atoms with Gasteiger partial charge in [0.2, 0.25) is 5.91 Å². The third-order valence-electron chi connectivity index (χ3n) is 4.11. The van der Waals surface area contributed by atoms with Crippen LogP contribution < -0.4 is 5.32 Å². The Morgan fingerprint density at radius 2 is 1.94 bits per heavy atom. The van der Waals surface area contributed by atoms with E-state index in [2.05, 4.69) is 25.4 Å². The number of carbonyl (C=O) groups excluding carboxylic acids is 1. The number of nitrogens with zero attached hydrogens (tertiary/aromatic N) is 4. The van der Waals surface area contributed by atoms with Crippen LogP contribution in [0, 0.1) is 11.6 Å². The molecule has 1 amide bonds. The molecule has 0 radical (unpaired) electrons. The molecule has 7 nitrogen and oxygen atoms in total. The number of rotatable bonds is 5. The van der Waals surface area contributed by atoms with E-state index < -0.39 is 29.3 Å². The Morgan fingerprint density at radius 1 is 1.16 bits per heavy atom. The number of alkyl halides is 3. The molecule has 2 heterocycles. The van der Waals surface area contributed by atoms with Crippen LogP contribution in [0.3, 0.4) is 0 Å². The Bertz CT molecular complexity index is 1220. The molecule has 0 aliphatic heterocycles. The van der Waals surface area contributed by atoms with E-state index in [1.807, 2.05) is 0 Å². The average Bonchev–Trinajstić information content (AvgIpc) is 3.36. The number of imidazole rings is 1. The standard InChI is InChI=1S/C18H11F5N6OS/c19-10-4-12-13(5-11(10)20)28-17(27-12)31-6-16(30)26-14-3-9(18(21,22)23)1-2-15(14)29-8-24-7-25-29/h1-5,7-8H,6H2,(H,26,30)(H,27,28). The second-order valence-corrected chi connectivity index (χ2v) is 7.20. The molecule has 0 saturated heterocycles. The van der Waals surface area contributed by atoms with Crippen LogP contribution >= 0.6 is 11.8 Å². The maximum atomic E-state index is 13.3. The topological polar surface area (TPSA) is 88.5 Å². The van der Waals surface area contributed by atoms with Crippen LogP contribution in [0.4, 0.5) is 27.6 Å². The number of fused-ring (bicyclic) bond motifs is 1. The summed E-state index contributed by atoms with van der Waals surface area (Å²) in [5.41, 5.74) is -0.444. The van der Waals surface area contributed by atoms with E-state index in [9.17, 15) is 26.7 Å². The highest BCUT2D eigenvalue weighted by Gasteiger charge is 2.31. The van der Waals surface area contributed by atoms with E-state index in [4.69, 9.17) is 0 Å². The highest BCUT2D eigenvalue weighted by Crippen LogP contribution is 2.33. The number of aromatic nitrogens is 5.